The number of benzene rings is 1. The summed E-state index contributed by atoms with van der Waals surface area (Å²) in [6.45, 7) is 3.90. The number of carbonyl (C=O) groups is 2. The Hall–Kier alpha value is -2.50. The zero-order valence-electron chi connectivity index (χ0n) is 11.6. The summed E-state index contributed by atoms with van der Waals surface area (Å²) in [4.78, 5) is 23.4. The van der Waals surface area contributed by atoms with E-state index < -0.39 is 5.97 Å². The number of ether oxygens (including phenoxy) is 1. The quantitative estimate of drug-likeness (QED) is 0.624. The Labute approximate surface area is 116 Å². The van der Waals surface area contributed by atoms with Crippen molar-refractivity contribution in [2.45, 2.75) is 20.4 Å². The van der Waals surface area contributed by atoms with Crippen molar-refractivity contribution in [3.63, 3.8) is 0 Å². The lowest BCUT2D eigenvalue weighted by Crippen LogP contribution is -2.12. The lowest BCUT2D eigenvalue weighted by Gasteiger charge is -2.05. The van der Waals surface area contributed by atoms with E-state index in [9.17, 15) is 9.59 Å². The van der Waals surface area contributed by atoms with Crippen LogP contribution in [0.4, 0.5) is 0 Å². The summed E-state index contributed by atoms with van der Waals surface area (Å²) in [6, 6.07) is 5.64. The van der Waals surface area contributed by atoms with Gasteiger partial charge in [-0.05, 0) is 19.4 Å². The summed E-state index contributed by atoms with van der Waals surface area (Å²) in [5, 5.41) is 7.40. The van der Waals surface area contributed by atoms with Crippen molar-refractivity contribution in [1.29, 1.82) is 0 Å². The van der Waals surface area contributed by atoms with Crippen LogP contribution in [-0.2, 0) is 11.3 Å². The van der Waals surface area contributed by atoms with Crippen molar-refractivity contribution in [3.8, 4) is 0 Å². The smallest absolute Gasteiger partial charge is 0.360 e. The summed E-state index contributed by atoms with van der Waals surface area (Å²) in [5.74, 6) is -0.654. The molecule has 0 N–H and O–H groups in total. The predicted molar refractivity (Wildman–Crippen MR) is 71.6 cm³/mol. The minimum absolute atomic E-state index is 0.0356. The first kappa shape index (κ1) is 13.9. The van der Waals surface area contributed by atoms with Gasteiger partial charge in [-0.25, -0.2) is 9.48 Å². The Morgan fingerprint density at radius 2 is 2.05 bits per heavy atom. The first-order valence-electron chi connectivity index (χ1n) is 6.10. The maximum absolute atomic E-state index is 12.2. The highest BCUT2D eigenvalue weighted by molar-refractivity contribution is 5.97. The zero-order chi connectivity index (χ0) is 14.7. The number of aryl methyl sites for hydroxylation is 2. The Balaban J connectivity index is 2.15. The Morgan fingerprint density at radius 1 is 1.30 bits per heavy atom. The minimum Gasteiger partial charge on any atom is -0.464 e. The second-order valence-corrected chi connectivity index (χ2v) is 4.53. The van der Waals surface area contributed by atoms with Gasteiger partial charge in [0.15, 0.2) is 11.5 Å². The maximum Gasteiger partial charge on any atom is 0.360 e. The maximum atomic E-state index is 12.2. The average Bonchev–Trinajstić information content (AvgIpc) is 2.86. The molecule has 1 aromatic heterocycles. The monoisotopic (exact) mass is 273 g/mol. The highest BCUT2D eigenvalue weighted by Gasteiger charge is 2.14. The van der Waals surface area contributed by atoms with Crippen LogP contribution in [0.2, 0.25) is 0 Å². The molecule has 6 nitrogen and oxygen atoms in total. The lowest BCUT2D eigenvalue weighted by molar-refractivity contribution is 0.0593. The van der Waals surface area contributed by atoms with E-state index in [0.717, 1.165) is 11.1 Å². The molecule has 20 heavy (non-hydrogen) atoms. The number of ketones is 1. The van der Waals surface area contributed by atoms with E-state index in [4.69, 9.17) is 0 Å². The molecule has 2 aromatic rings. The van der Waals surface area contributed by atoms with Crippen LogP contribution < -0.4 is 0 Å². The third-order valence-corrected chi connectivity index (χ3v) is 2.92. The van der Waals surface area contributed by atoms with Crippen LogP contribution in [0.15, 0.2) is 24.4 Å². The molecule has 0 aliphatic carbocycles. The van der Waals surface area contributed by atoms with E-state index in [2.05, 4.69) is 15.0 Å². The molecule has 2 rings (SSSR count). The molecule has 0 aliphatic heterocycles. The van der Waals surface area contributed by atoms with E-state index in [1.54, 1.807) is 6.07 Å². The van der Waals surface area contributed by atoms with Gasteiger partial charge in [0, 0.05) is 5.56 Å². The van der Waals surface area contributed by atoms with Gasteiger partial charge in [-0.3, -0.25) is 4.79 Å². The largest absolute Gasteiger partial charge is 0.464 e. The lowest BCUT2D eigenvalue weighted by atomic mass is 10.0. The molecule has 0 saturated heterocycles. The third kappa shape index (κ3) is 2.90. The first-order valence-corrected chi connectivity index (χ1v) is 6.10. The molecule has 0 spiro atoms. The van der Waals surface area contributed by atoms with Crippen LogP contribution in [0, 0.1) is 13.8 Å². The fourth-order valence-electron chi connectivity index (χ4n) is 1.93. The Kier molecular flexibility index (Phi) is 3.93. The van der Waals surface area contributed by atoms with Crippen molar-refractivity contribution in [2.75, 3.05) is 7.11 Å². The van der Waals surface area contributed by atoms with Crippen LogP contribution in [0.25, 0.3) is 0 Å². The van der Waals surface area contributed by atoms with Gasteiger partial charge in [-0.2, -0.15) is 0 Å². The number of Topliss-reactive ketones (excluding diaryl/α,β-unsaturated/α-hetero) is 1. The summed E-state index contributed by atoms with van der Waals surface area (Å²) in [5.41, 5.74) is 2.75. The zero-order valence-corrected chi connectivity index (χ0v) is 11.6. The SMILES string of the molecule is COC(=O)c1cn(CC(=O)c2ccc(C)cc2C)nn1. The Bertz CT molecular complexity index is 661. The van der Waals surface area contributed by atoms with Crippen molar-refractivity contribution < 1.29 is 14.3 Å². The molecule has 0 unspecified atom stereocenters. The number of hydrogen-bond acceptors (Lipinski definition) is 5. The van der Waals surface area contributed by atoms with Crippen LogP contribution in [0.1, 0.15) is 32.0 Å². The van der Waals surface area contributed by atoms with Gasteiger partial charge in [0.25, 0.3) is 0 Å². The van der Waals surface area contributed by atoms with E-state index >= 15 is 0 Å². The number of aromatic nitrogens is 3. The number of carbonyl (C=O) groups excluding carboxylic acids is 2. The molecule has 1 heterocycles. The van der Waals surface area contributed by atoms with Gasteiger partial charge in [0.1, 0.15) is 6.54 Å². The summed E-state index contributed by atoms with van der Waals surface area (Å²) in [7, 11) is 1.27. The van der Waals surface area contributed by atoms with E-state index in [1.807, 2.05) is 26.0 Å². The molecule has 0 amide bonds. The molecule has 0 bridgehead atoms. The van der Waals surface area contributed by atoms with Crippen LogP contribution in [-0.4, -0.2) is 33.9 Å². The van der Waals surface area contributed by atoms with E-state index in [-0.39, 0.29) is 18.0 Å². The number of hydrogen-bond donors (Lipinski definition) is 0. The Morgan fingerprint density at radius 3 is 2.70 bits per heavy atom. The van der Waals surface area contributed by atoms with Gasteiger partial charge in [0.05, 0.1) is 13.3 Å². The van der Waals surface area contributed by atoms with Crippen LogP contribution in [0.3, 0.4) is 0 Å². The van der Waals surface area contributed by atoms with Crippen LogP contribution >= 0.6 is 0 Å². The van der Waals surface area contributed by atoms with Crippen molar-refractivity contribution >= 4 is 11.8 Å². The molecule has 6 heteroatoms. The fraction of sp³-hybridized carbons (Fsp3) is 0.286. The molecular weight excluding hydrogens is 258 g/mol. The molecule has 104 valence electrons. The van der Waals surface area contributed by atoms with Gasteiger partial charge in [0.2, 0.25) is 0 Å². The minimum atomic E-state index is -0.574. The molecule has 0 saturated carbocycles. The molecule has 0 radical (unpaired) electrons. The van der Waals surface area contributed by atoms with Crippen molar-refractivity contribution in [3.05, 3.63) is 46.8 Å². The van der Waals surface area contributed by atoms with Gasteiger partial charge in [-0.15, -0.1) is 5.10 Å². The topological polar surface area (TPSA) is 74.1 Å². The molecule has 0 aliphatic rings. The second-order valence-electron chi connectivity index (χ2n) is 4.53. The van der Waals surface area contributed by atoms with Gasteiger partial charge in [-0.1, -0.05) is 29.0 Å². The standard InChI is InChI=1S/C14H15N3O3/c1-9-4-5-11(10(2)6-9)13(18)8-17-7-12(15-16-17)14(19)20-3/h4-7H,8H2,1-3H3. The van der Waals surface area contributed by atoms with E-state index in [1.165, 1.54) is 18.0 Å². The molecular formula is C14H15N3O3. The molecule has 1 aromatic carbocycles. The number of rotatable bonds is 4. The predicted octanol–water partition coefficient (Wildman–Crippen LogP) is 1.56. The summed E-state index contributed by atoms with van der Waals surface area (Å²) < 4.78 is 5.86. The summed E-state index contributed by atoms with van der Waals surface area (Å²) >= 11 is 0. The second kappa shape index (κ2) is 5.64. The first-order chi connectivity index (χ1) is 9.51. The average molecular weight is 273 g/mol. The normalized spacial score (nSPS) is 10.3. The highest BCUT2D eigenvalue weighted by Crippen LogP contribution is 2.12. The van der Waals surface area contributed by atoms with Crippen LogP contribution in [0.5, 0.6) is 0 Å². The van der Waals surface area contributed by atoms with Gasteiger partial charge < -0.3 is 4.74 Å². The number of methoxy groups -OCH3 is 1. The van der Waals surface area contributed by atoms with E-state index in [0.29, 0.717) is 5.56 Å². The molecule has 0 atom stereocenters. The highest BCUT2D eigenvalue weighted by atomic mass is 16.5. The number of nitrogens with zero attached hydrogens (tertiary/aromatic N) is 3. The summed E-state index contributed by atoms with van der Waals surface area (Å²) in [6.07, 6.45) is 1.40. The molecule has 0 fully saturated rings. The van der Waals surface area contributed by atoms with Crippen molar-refractivity contribution in [1.82, 2.24) is 15.0 Å². The van der Waals surface area contributed by atoms with Crippen molar-refractivity contribution in [2.24, 2.45) is 0 Å². The number of esters is 1. The van der Waals surface area contributed by atoms with Gasteiger partial charge >= 0.3 is 5.97 Å². The third-order valence-electron chi connectivity index (χ3n) is 2.92. The fourth-order valence-corrected chi connectivity index (χ4v) is 1.93.